The predicted molar refractivity (Wildman–Crippen MR) is 106 cm³/mol. The maximum Gasteiger partial charge on any atom is 0.257 e. The van der Waals surface area contributed by atoms with Gasteiger partial charge in [0.15, 0.2) is 0 Å². The third kappa shape index (κ3) is 4.31. The van der Waals surface area contributed by atoms with Gasteiger partial charge in [-0.15, -0.1) is 0 Å². The Kier molecular flexibility index (Phi) is 5.40. The zero-order valence-corrected chi connectivity index (χ0v) is 15.7. The Morgan fingerprint density at radius 2 is 1.62 bits per heavy atom. The minimum Gasteiger partial charge on any atom is -0.323 e. The van der Waals surface area contributed by atoms with E-state index in [0.717, 1.165) is 11.4 Å². The quantitative estimate of drug-likeness (QED) is 0.629. The summed E-state index contributed by atoms with van der Waals surface area (Å²) in [6.07, 6.45) is 0. The highest BCUT2D eigenvalue weighted by Crippen LogP contribution is 2.27. The number of rotatable bonds is 4. The molecule has 0 saturated carbocycles. The summed E-state index contributed by atoms with van der Waals surface area (Å²) in [6.45, 7) is 3.78. The summed E-state index contributed by atoms with van der Waals surface area (Å²) in [5.74, 6) is 0.133. The van der Waals surface area contributed by atoms with Crippen molar-refractivity contribution >= 4 is 46.4 Å². The Hall–Kier alpha value is -2.63. The summed E-state index contributed by atoms with van der Waals surface area (Å²) >= 11 is 12.0. The SMILES string of the molecule is Cc1cc(C)nc(Nc2ccccc2C(=O)Nc2ccc(Cl)cc2Cl)n1. The van der Waals surface area contributed by atoms with Gasteiger partial charge in [-0.1, -0.05) is 35.3 Å². The minimum absolute atomic E-state index is 0.304. The molecule has 5 nitrogen and oxygen atoms in total. The van der Waals surface area contributed by atoms with Crippen molar-refractivity contribution in [2.75, 3.05) is 10.6 Å². The molecule has 0 aliphatic rings. The highest BCUT2D eigenvalue weighted by Gasteiger charge is 2.14. The van der Waals surface area contributed by atoms with E-state index < -0.39 is 0 Å². The number of hydrogen-bond acceptors (Lipinski definition) is 4. The van der Waals surface area contributed by atoms with E-state index in [2.05, 4.69) is 20.6 Å². The van der Waals surface area contributed by atoms with Crippen molar-refractivity contribution in [2.24, 2.45) is 0 Å². The zero-order valence-electron chi connectivity index (χ0n) is 14.2. The van der Waals surface area contributed by atoms with E-state index in [-0.39, 0.29) is 5.91 Å². The Morgan fingerprint density at radius 1 is 0.923 bits per heavy atom. The largest absolute Gasteiger partial charge is 0.323 e. The van der Waals surface area contributed by atoms with Crippen LogP contribution in [0.2, 0.25) is 10.0 Å². The topological polar surface area (TPSA) is 66.9 Å². The van der Waals surface area contributed by atoms with Crippen LogP contribution in [0.4, 0.5) is 17.3 Å². The molecule has 0 aliphatic carbocycles. The van der Waals surface area contributed by atoms with Crippen molar-refractivity contribution in [1.82, 2.24) is 9.97 Å². The predicted octanol–water partition coefficient (Wildman–Crippen LogP) is 5.40. The highest BCUT2D eigenvalue weighted by molar-refractivity contribution is 6.36. The molecule has 0 unspecified atom stereocenters. The van der Waals surface area contributed by atoms with Crippen molar-refractivity contribution in [2.45, 2.75) is 13.8 Å². The Morgan fingerprint density at radius 3 is 2.31 bits per heavy atom. The average molecular weight is 387 g/mol. The van der Waals surface area contributed by atoms with Gasteiger partial charge < -0.3 is 10.6 Å². The molecule has 1 heterocycles. The highest BCUT2D eigenvalue weighted by atomic mass is 35.5. The molecule has 0 saturated heterocycles. The second-order valence-corrected chi connectivity index (χ2v) is 6.57. The zero-order chi connectivity index (χ0) is 18.7. The molecule has 0 atom stereocenters. The first-order valence-corrected chi connectivity index (χ1v) is 8.63. The number of benzene rings is 2. The number of halogens is 2. The first-order valence-electron chi connectivity index (χ1n) is 7.87. The molecule has 0 spiro atoms. The molecule has 0 fully saturated rings. The molecular formula is C19H16Cl2N4O. The van der Waals surface area contributed by atoms with E-state index in [0.29, 0.717) is 32.9 Å². The first kappa shape index (κ1) is 18.2. The van der Waals surface area contributed by atoms with E-state index in [1.807, 2.05) is 26.0 Å². The smallest absolute Gasteiger partial charge is 0.257 e. The summed E-state index contributed by atoms with van der Waals surface area (Å²) < 4.78 is 0. The normalized spacial score (nSPS) is 10.5. The lowest BCUT2D eigenvalue weighted by Gasteiger charge is -2.13. The Bertz CT molecular complexity index is 955. The van der Waals surface area contributed by atoms with Gasteiger partial charge in [-0.3, -0.25) is 4.79 Å². The molecule has 0 radical (unpaired) electrons. The van der Waals surface area contributed by atoms with Crippen molar-refractivity contribution in [3.63, 3.8) is 0 Å². The van der Waals surface area contributed by atoms with E-state index in [1.165, 1.54) is 0 Å². The fourth-order valence-electron chi connectivity index (χ4n) is 2.47. The third-order valence-corrected chi connectivity index (χ3v) is 4.13. The van der Waals surface area contributed by atoms with Gasteiger partial charge in [0.25, 0.3) is 5.91 Å². The van der Waals surface area contributed by atoms with Gasteiger partial charge >= 0.3 is 0 Å². The van der Waals surface area contributed by atoms with Gasteiger partial charge in [0.2, 0.25) is 5.95 Å². The summed E-state index contributed by atoms with van der Waals surface area (Å²) in [7, 11) is 0. The molecule has 7 heteroatoms. The van der Waals surface area contributed by atoms with Gasteiger partial charge in [0, 0.05) is 16.4 Å². The van der Waals surface area contributed by atoms with Crippen molar-refractivity contribution in [1.29, 1.82) is 0 Å². The van der Waals surface area contributed by atoms with Crippen LogP contribution in [0.25, 0.3) is 0 Å². The number of nitrogens with one attached hydrogen (secondary N) is 2. The maximum absolute atomic E-state index is 12.7. The Labute approximate surface area is 161 Å². The lowest BCUT2D eigenvalue weighted by atomic mass is 10.1. The number of para-hydroxylation sites is 1. The fourth-order valence-corrected chi connectivity index (χ4v) is 2.93. The standard InChI is InChI=1S/C19H16Cl2N4O/c1-11-9-12(2)23-19(22-11)25-16-6-4-3-5-14(16)18(26)24-17-8-7-13(20)10-15(17)21/h3-10H,1-2H3,(H,24,26)(H,22,23,25). The second kappa shape index (κ2) is 7.72. The number of anilines is 3. The molecule has 3 aromatic rings. The number of amides is 1. The third-order valence-electron chi connectivity index (χ3n) is 3.58. The second-order valence-electron chi connectivity index (χ2n) is 5.72. The minimum atomic E-state index is -0.304. The van der Waals surface area contributed by atoms with Crippen molar-refractivity contribution < 1.29 is 4.79 Å². The maximum atomic E-state index is 12.7. The van der Waals surface area contributed by atoms with Crippen LogP contribution in [0.1, 0.15) is 21.7 Å². The monoisotopic (exact) mass is 386 g/mol. The number of carbonyl (C=O) groups excluding carboxylic acids is 1. The van der Waals surface area contributed by atoms with Crippen LogP contribution in [0.5, 0.6) is 0 Å². The van der Waals surface area contributed by atoms with E-state index in [9.17, 15) is 4.79 Å². The van der Waals surface area contributed by atoms with Crippen LogP contribution in [0.15, 0.2) is 48.5 Å². The molecule has 1 amide bonds. The van der Waals surface area contributed by atoms with Gasteiger partial charge in [-0.05, 0) is 50.2 Å². The number of aryl methyl sites for hydroxylation is 2. The number of hydrogen-bond donors (Lipinski definition) is 2. The molecular weight excluding hydrogens is 371 g/mol. The first-order chi connectivity index (χ1) is 12.4. The van der Waals surface area contributed by atoms with Crippen LogP contribution in [-0.4, -0.2) is 15.9 Å². The van der Waals surface area contributed by atoms with Gasteiger partial charge in [0.05, 0.1) is 22.0 Å². The summed E-state index contributed by atoms with van der Waals surface area (Å²) in [4.78, 5) is 21.4. The molecule has 2 aromatic carbocycles. The van der Waals surface area contributed by atoms with Gasteiger partial charge in [-0.2, -0.15) is 0 Å². The van der Waals surface area contributed by atoms with Crippen LogP contribution >= 0.6 is 23.2 Å². The molecule has 26 heavy (non-hydrogen) atoms. The molecule has 2 N–H and O–H groups in total. The van der Waals surface area contributed by atoms with Crippen molar-refractivity contribution in [3.05, 3.63) is 75.5 Å². The van der Waals surface area contributed by atoms with E-state index >= 15 is 0 Å². The Balaban J connectivity index is 1.87. The summed E-state index contributed by atoms with van der Waals surface area (Å²) in [6, 6.07) is 13.9. The number of carbonyl (C=O) groups is 1. The summed E-state index contributed by atoms with van der Waals surface area (Å²) in [5, 5.41) is 6.77. The van der Waals surface area contributed by atoms with Crippen LogP contribution in [0.3, 0.4) is 0 Å². The van der Waals surface area contributed by atoms with Crippen LogP contribution in [-0.2, 0) is 0 Å². The van der Waals surface area contributed by atoms with Crippen molar-refractivity contribution in [3.8, 4) is 0 Å². The van der Waals surface area contributed by atoms with Crippen LogP contribution < -0.4 is 10.6 Å². The molecule has 1 aromatic heterocycles. The van der Waals surface area contributed by atoms with E-state index in [4.69, 9.17) is 23.2 Å². The fraction of sp³-hybridized carbons (Fsp3) is 0.105. The molecule has 0 aliphatic heterocycles. The lowest BCUT2D eigenvalue weighted by molar-refractivity contribution is 0.102. The summed E-state index contributed by atoms with van der Waals surface area (Å²) in [5.41, 5.74) is 3.21. The number of nitrogens with zero attached hydrogens (tertiary/aromatic N) is 2. The average Bonchev–Trinajstić information content (AvgIpc) is 2.57. The van der Waals surface area contributed by atoms with E-state index in [1.54, 1.807) is 36.4 Å². The van der Waals surface area contributed by atoms with Gasteiger partial charge in [0.1, 0.15) is 0 Å². The lowest BCUT2D eigenvalue weighted by Crippen LogP contribution is -2.14. The van der Waals surface area contributed by atoms with Crippen LogP contribution in [0, 0.1) is 13.8 Å². The van der Waals surface area contributed by atoms with Gasteiger partial charge in [-0.25, -0.2) is 9.97 Å². The molecule has 0 bridgehead atoms. The number of aromatic nitrogens is 2. The molecule has 132 valence electrons. The molecule has 3 rings (SSSR count).